The first-order chi connectivity index (χ1) is 45.7. The number of pyridine rings is 3. The van der Waals surface area contributed by atoms with Crippen LogP contribution in [0.3, 0.4) is 0 Å². The maximum atomic E-state index is 13.5. The predicted octanol–water partition coefficient (Wildman–Crippen LogP) is 14.5. The SMILES string of the molecule is C.C.C.C.C.C.C=O.CO.COc1cc(C)[nH]c(=O)c1CN1CCc2c(Cl)cc(C(C)C3CN(C)C3)c(Cl)c2C1=O.COc1cc(C)[nH]c(=O)c1CN1CCc2c(Cl)cc(C(C)C3CN(C)C3)c(Cl)c2C1=O.COc1cc(C)[nH]c(=O)c1CN1CCc2c(Cl)cc(C(C)C3CNC3)c(Cl)c2C1=O. The van der Waals surface area contributed by atoms with Crippen molar-refractivity contribution in [3.63, 3.8) is 0 Å². The summed E-state index contributed by atoms with van der Waals surface area (Å²) in [7, 11) is 9.74. The molecular weight excluding hydrogens is 1430 g/mol. The van der Waals surface area contributed by atoms with Crippen LogP contribution in [0.5, 0.6) is 17.2 Å². The van der Waals surface area contributed by atoms with Gasteiger partial charge in [0.25, 0.3) is 34.4 Å². The quantitative estimate of drug-likeness (QED) is 0.0642. The number of aromatic nitrogens is 3. The van der Waals surface area contributed by atoms with Gasteiger partial charge in [-0.1, -0.05) is 135 Å². The summed E-state index contributed by atoms with van der Waals surface area (Å²) in [5, 5.41) is 13.5. The summed E-state index contributed by atoms with van der Waals surface area (Å²) in [4.78, 5) is 104. The zero-order valence-corrected chi connectivity index (χ0v) is 60.8. The number of H-pyrrole nitrogens is 3. The van der Waals surface area contributed by atoms with Gasteiger partial charge in [-0.05, 0) is 173 Å². The van der Waals surface area contributed by atoms with Gasteiger partial charge in [0.2, 0.25) is 0 Å². The number of hydrogen-bond acceptors (Lipinski definition) is 14. The van der Waals surface area contributed by atoms with Gasteiger partial charge < -0.3 is 68.9 Å². The second-order valence-corrected chi connectivity index (χ2v) is 27.9. The molecule has 3 saturated heterocycles. The fourth-order valence-corrected chi connectivity index (χ4v) is 15.8. The smallest absolute Gasteiger partial charge is 0.256 e. The minimum absolute atomic E-state index is 0. The van der Waals surface area contributed by atoms with Gasteiger partial charge in [-0.3, -0.25) is 28.8 Å². The zero-order valence-electron chi connectivity index (χ0n) is 56.3. The van der Waals surface area contributed by atoms with Crippen LogP contribution in [0.15, 0.2) is 50.8 Å². The number of aromatic amines is 3. The van der Waals surface area contributed by atoms with Gasteiger partial charge >= 0.3 is 0 Å². The topological polar surface area (TPSA) is 243 Å². The van der Waals surface area contributed by atoms with Gasteiger partial charge in [0.15, 0.2) is 0 Å². The number of hydrogen-bond donors (Lipinski definition) is 5. The fraction of sp³-hybridized carbons (Fsp3) is 0.513. The molecule has 3 amide bonds. The number of methoxy groups -OCH3 is 3. The predicted molar refractivity (Wildman–Crippen MR) is 419 cm³/mol. The lowest BCUT2D eigenvalue weighted by Gasteiger charge is -2.41. The van der Waals surface area contributed by atoms with E-state index < -0.39 is 0 Å². The average Bonchev–Trinajstić information content (AvgIpc) is 0.766. The molecular formula is C76H109Cl6N9O11. The largest absolute Gasteiger partial charge is 0.496 e. The van der Waals surface area contributed by atoms with Crippen molar-refractivity contribution in [2.45, 2.75) is 143 Å². The van der Waals surface area contributed by atoms with Gasteiger partial charge in [-0.15, -0.1) is 0 Å². The summed E-state index contributed by atoms with van der Waals surface area (Å²) in [6.07, 6.45) is 1.77. The molecule has 566 valence electrons. The van der Waals surface area contributed by atoms with E-state index in [1.165, 1.54) is 21.3 Å². The van der Waals surface area contributed by atoms with E-state index in [9.17, 15) is 28.8 Å². The molecule has 0 spiro atoms. The van der Waals surface area contributed by atoms with Crippen molar-refractivity contribution in [3.8, 4) is 17.2 Å². The van der Waals surface area contributed by atoms with Gasteiger partial charge in [0, 0.05) is 85.1 Å². The molecule has 102 heavy (non-hydrogen) atoms. The van der Waals surface area contributed by atoms with Crippen molar-refractivity contribution in [1.82, 2.24) is 44.8 Å². The first-order valence-corrected chi connectivity index (χ1v) is 34.0. The molecule has 9 heterocycles. The summed E-state index contributed by atoms with van der Waals surface area (Å²) < 4.78 is 16.2. The summed E-state index contributed by atoms with van der Waals surface area (Å²) in [6.45, 7) is 21.5. The zero-order chi connectivity index (χ0) is 70.5. The maximum Gasteiger partial charge on any atom is 0.256 e. The Morgan fingerprint density at radius 1 is 0.451 bits per heavy atom. The number of ether oxygens (including phenoxy) is 3. The molecule has 6 aliphatic rings. The monoisotopic (exact) mass is 1530 g/mol. The van der Waals surface area contributed by atoms with E-state index in [4.69, 9.17) is 93.7 Å². The van der Waals surface area contributed by atoms with E-state index in [1.54, 1.807) is 53.7 Å². The molecule has 26 heteroatoms. The summed E-state index contributed by atoms with van der Waals surface area (Å²) in [5.41, 5.74) is 9.15. The number of likely N-dealkylation sites (tertiary alicyclic amines) is 2. The van der Waals surface area contributed by atoms with Crippen LogP contribution in [0, 0.1) is 38.5 Å². The van der Waals surface area contributed by atoms with E-state index in [0.717, 1.165) is 79.8 Å². The highest BCUT2D eigenvalue weighted by Gasteiger charge is 2.39. The summed E-state index contributed by atoms with van der Waals surface area (Å²) in [5.74, 6) is 2.87. The second-order valence-electron chi connectivity index (χ2n) is 25.5. The van der Waals surface area contributed by atoms with Gasteiger partial charge in [0.1, 0.15) is 24.0 Å². The number of carbonyl (C=O) groups excluding carboxylic acids is 4. The second kappa shape index (κ2) is 39.6. The van der Waals surface area contributed by atoms with Crippen LogP contribution >= 0.6 is 69.6 Å². The molecule has 6 aliphatic heterocycles. The first kappa shape index (κ1) is 91.7. The average molecular weight is 1540 g/mol. The van der Waals surface area contributed by atoms with Crippen molar-refractivity contribution in [2.75, 3.05) is 101 Å². The Morgan fingerprint density at radius 2 is 0.696 bits per heavy atom. The first-order valence-electron chi connectivity index (χ1n) is 31.7. The van der Waals surface area contributed by atoms with E-state index >= 15 is 0 Å². The van der Waals surface area contributed by atoms with Crippen molar-refractivity contribution in [1.29, 1.82) is 0 Å². The van der Waals surface area contributed by atoms with E-state index in [-0.39, 0.29) is 116 Å². The highest BCUT2D eigenvalue weighted by molar-refractivity contribution is 6.39. The lowest BCUT2D eigenvalue weighted by molar-refractivity contribution is -0.0980. The normalized spacial score (nSPS) is 16.2. The highest BCUT2D eigenvalue weighted by atomic mass is 35.5. The van der Waals surface area contributed by atoms with Crippen molar-refractivity contribution in [2.24, 2.45) is 17.8 Å². The van der Waals surface area contributed by atoms with Crippen LogP contribution in [0.4, 0.5) is 0 Å². The van der Waals surface area contributed by atoms with Crippen LogP contribution < -0.4 is 36.2 Å². The molecule has 20 nitrogen and oxygen atoms in total. The molecule has 3 unspecified atom stereocenters. The van der Waals surface area contributed by atoms with Crippen LogP contribution in [0.2, 0.25) is 30.1 Å². The lowest BCUT2D eigenvalue weighted by Crippen LogP contribution is -2.46. The molecule has 3 aromatic heterocycles. The standard InChI is InChI=1S/2C23H27Cl2N3O3.C22H25Cl2N3O3.CH4O.CH2O.6CH4/c2*1-12-7-19(31-4)17(22(29)26-12)11-28-6-5-15-18(24)8-16(21(25)20(15)23(28)30)13(2)14-9-27(3)10-14;1-11-6-18(30-3)16(21(28)26-11)10-27-5-4-14-17(23)7-15(12(2)13-8-25-9-13)20(24)19(14)22(27)29;2*1-2;;;;;;/h2*7-8,13-14H,5-6,9-11H2,1-4H3,(H,26,29);6-7,12-13,25H,4-5,8-10H2,1-3H3,(H,26,28);2H,1H3;1H2;6*1H4. The molecule has 12 rings (SSSR count). The summed E-state index contributed by atoms with van der Waals surface area (Å²) in [6, 6.07) is 11.1. The van der Waals surface area contributed by atoms with Crippen LogP contribution in [0.25, 0.3) is 0 Å². The van der Waals surface area contributed by atoms with Crippen LogP contribution in [-0.2, 0) is 43.7 Å². The number of benzene rings is 3. The number of aryl methyl sites for hydroxylation is 3. The lowest BCUT2D eigenvalue weighted by atomic mass is 9.81. The number of nitrogens with one attached hydrogen (secondary N) is 4. The van der Waals surface area contributed by atoms with E-state index in [1.807, 2.05) is 25.0 Å². The highest BCUT2D eigenvalue weighted by Crippen LogP contribution is 2.45. The number of aliphatic hydroxyl groups is 1. The molecule has 5 N–H and O–H groups in total. The van der Waals surface area contributed by atoms with Crippen LogP contribution in [0.1, 0.15) is 181 Å². The number of nitrogens with zero attached hydrogens (tertiary/aromatic N) is 5. The number of amides is 3. The van der Waals surface area contributed by atoms with Crippen molar-refractivity contribution < 1.29 is 38.5 Å². The third-order valence-electron chi connectivity index (χ3n) is 19.4. The van der Waals surface area contributed by atoms with Gasteiger partial charge in [-0.25, -0.2) is 0 Å². The number of halogens is 6. The Kier molecular flexibility index (Phi) is 35.6. The fourth-order valence-electron chi connectivity index (χ4n) is 13.6. The molecule has 3 atom stereocenters. The Balaban J connectivity index is 0.000000493. The Hall–Kier alpha value is -6.43. The van der Waals surface area contributed by atoms with Gasteiger partial charge in [0.05, 0.1) is 89.4 Å². The Labute approximate surface area is 634 Å². The maximum absolute atomic E-state index is 13.5. The number of carbonyl (C=O) groups is 4. The molecule has 6 aromatic rings. The van der Waals surface area contributed by atoms with Crippen molar-refractivity contribution in [3.05, 3.63) is 181 Å². The van der Waals surface area contributed by atoms with Gasteiger partial charge in [-0.2, -0.15) is 0 Å². The minimum atomic E-state index is -0.255. The van der Waals surface area contributed by atoms with E-state index in [2.05, 4.69) is 64.9 Å². The number of aliphatic hydroxyl groups excluding tert-OH is 1. The molecule has 3 aromatic carbocycles. The third-order valence-corrected chi connectivity index (χ3v) is 21.7. The Morgan fingerprint density at radius 3 is 0.912 bits per heavy atom. The molecule has 0 aliphatic carbocycles. The van der Waals surface area contributed by atoms with Crippen LogP contribution in [-0.4, -0.2) is 171 Å². The van der Waals surface area contributed by atoms with E-state index in [0.29, 0.717) is 154 Å². The summed E-state index contributed by atoms with van der Waals surface area (Å²) >= 11 is 40.2. The minimum Gasteiger partial charge on any atom is -0.496 e. The molecule has 3 fully saturated rings. The number of rotatable bonds is 15. The number of fused-ring (bicyclic) bond motifs is 3. The Bertz CT molecular complexity index is 3920. The van der Waals surface area contributed by atoms with Crippen molar-refractivity contribution >= 4 is 94.1 Å². The third kappa shape index (κ3) is 19.2. The molecule has 0 saturated carbocycles. The molecule has 0 bridgehead atoms. The molecule has 0 radical (unpaired) electrons.